The van der Waals surface area contributed by atoms with Crippen LogP contribution in [0.4, 0.5) is 4.39 Å². The highest BCUT2D eigenvalue weighted by atomic mass is 19.1. The van der Waals surface area contributed by atoms with Crippen LogP contribution in [0.3, 0.4) is 0 Å². The Labute approximate surface area is 148 Å². The third-order valence-electron chi connectivity index (χ3n) is 5.56. The summed E-state index contributed by atoms with van der Waals surface area (Å²) in [6.45, 7) is 4.50. The number of pyridine rings is 1. The maximum absolute atomic E-state index is 13.2. The van der Waals surface area contributed by atoms with Crippen molar-refractivity contribution in [3.05, 3.63) is 52.6 Å². The standard InChI is InChI=1S/C20H25FN4/c1-14-16(7-8-19(21)23-14)12-25-10-9-18-17(13-25)11-22-20(24-18)15-5-3-2-4-6-15/h7-8,11,15H,2-6,9-10,12-13H2,1H3. The lowest BCUT2D eigenvalue weighted by Gasteiger charge is -2.29. The van der Waals surface area contributed by atoms with Crippen molar-refractivity contribution in [3.8, 4) is 0 Å². The monoisotopic (exact) mass is 340 g/mol. The summed E-state index contributed by atoms with van der Waals surface area (Å²) in [5.41, 5.74) is 4.32. The van der Waals surface area contributed by atoms with Crippen LogP contribution in [0.2, 0.25) is 0 Å². The van der Waals surface area contributed by atoms with E-state index in [9.17, 15) is 4.39 Å². The second kappa shape index (κ2) is 7.16. The highest BCUT2D eigenvalue weighted by molar-refractivity contribution is 5.23. The molecule has 132 valence electrons. The first-order chi connectivity index (χ1) is 12.2. The average Bonchev–Trinajstić information content (AvgIpc) is 2.64. The molecule has 1 aliphatic heterocycles. The Hall–Kier alpha value is -1.88. The van der Waals surface area contributed by atoms with Crippen LogP contribution < -0.4 is 0 Å². The van der Waals surface area contributed by atoms with E-state index in [1.54, 1.807) is 0 Å². The van der Waals surface area contributed by atoms with Gasteiger partial charge in [-0.1, -0.05) is 25.3 Å². The molecule has 5 heteroatoms. The topological polar surface area (TPSA) is 41.9 Å². The van der Waals surface area contributed by atoms with Gasteiger partial charge in [0.2, 0.25) is 5.95 Å². The van der Waals surface area contributed by atoms with Crippen LogP contribution >= 0.6 is 0 Å². The molecule has 2 aromatic rings. The molecule has 25 heavy (non-hydrogen) atoms. The van der Waals surface area contributed by atoms with E-state index in [-0.39, 0.29) is 0 Å². The highest BCUT2D eigenvalue weighted by Crippen LogP contribution is 2.31. The Kier molecular flexibility index (Phi) is 4.75. The number of halogens is 1. The molecule has 4 nitrogen and oxygen atoms in total. The van der Waals surface area contributed by atoms with Crippen LogP contribution in [0.5, 0.6) is 0 Å². The number of rotatable bonds is 3. The molecular formula is C20H25FN4. The molecule has 0 bridgehead atoms. The molecule has 1 saturated carbocycles. The molecule has 1 fully saturated rings. The van der Waals surface area contributed by atoms with E-state index in [1.165, 1.54) is 49.4 Å². The lowest BCUT2D eigenvalue weighted by Crippen LogP contribution is -2.31. The average molecular weight is 340 g/mol. The molecule has 0 aromatic carbocycles. The number of nitrogens with zero attached hydrogens (tertiary/aromatic N) is 4. The first-order valence-corrected chi connectivity index (χ1v) is 9.38. The van der Waals surface area contributed by atoms with Crippen molar-refractivity contribution in [1.29, 1.82) is 0 Å². The van der Waals surface area contributed by atoms with Crippen molar-refractivity contribution in [2.24, 2.45) is 0 Å². The quantitative estimate of drug-likeness (QED) is 0.794. The van der Waals surface area contributed by atoms with Gasteiger partial charge >= 0.3 is 0 Å². The number of aromatic nitrogens is 3. The van der Waals surface area contributed by atoms with Gasteiger partial charge < -0.3 is 0 Å². The fraction of sp³-hybridized carbons (Fsp3) is 0.550. The molecule has 0 radical (unpaired) electrons. The van der Waals surface area contributed by atoms with E-state index in [1.807, 2.05) is 19.2 Å². The molecule has 1 aliphatic carbocycles. The minimum atomic E-state index is -0.408. The molecule has 0 unspecified atom stereocenters. The normalized spacial score (nSPS) is 19.0. The molecule has 3 heterocycles. The lowest BCUT2D eigenvalue weighted by molar-refractivity contribution is 0.241. The third kappa shape index (κ3) is 3.71. The molecule has 0 saturated heterocycles. The largest absolute Gasteiger partial charge is 0.294 e. The van der Waals surface area contributed by atoms with E-state index < -0.39 is 5.95 Å². The number of fused-ring (bicyclic) bond motifs is 1. The summed E-state index contributed by atoms with van der Waals surface area (Å²) in [6.07, 6.45) is 9.45. The van der Waals surface area contributed by atoms with Crippen LogP contribution in [0.15, 0.2) is 18.3 Å². The Balaban J connectivity index is 1.46. The summed E-state index contributed by atoms with van der Waals surface area (Å²) in [4.78, 5) is 15.9. The van der Waals surface area contributed by atoms with E-state index in [2.05, 4.69) is 14.9 Å². The zero-order valence-electron chi connectivity index (χ0n) is 14.8. The van der Waals surface area contributed by atoms with Gasteiger partial charge in [-0.3, -0.25) is 4.90 Å². The molecule has 0 spiro atoms. The van der Waals surface area contributed by atoms with Crippen molar-refractivity contribution in [3.63, 3.8) is 0 Å². The van der Waals surface area contributed by atoms with Gasteiger partial charge in [-0.2, -0.15) is 4.39 Å². The Morgan fingerprint density at radius 2 is 2.00 bits per heavy atom. The zero-order chi connectivity index (χ0) is 17.2. The first-order valence-electron chi connectivity index (χ1n) is 9.38. The van der Waals surface area contributed by atoms with Crippen molar-refractivity contribution < 1.29 is 4.39 Å². The lowest BCUT2D eigenvalue weighted by atomic mass is 9.88. The fourth-order valence-electron chi connectivity index (χ4n) is 4.05. The van der Waals surface area contributed by atoms with Gasteiger partial charge in [-0.05, 0) is 31.4 Å². The number of hydrogen-bond acceptors (Lipinski definition) is 4. The van der Waals surface area contributed by atoms with E-state index in [0.29, 0.717) is 5.92 Å². The van der Waals surface area contributed by atoms with Crippen LogP contribution in [0, 0.1) is 12.9 Å². The maximum atomic E-state index is 13.2. The minimum Gasteiger partial charge on any atom is -0.294 e. The second-order valence-corrected chi connectivity index (χ2v) is 7.37. The maximum Gasteiger partial charge on any atom is 0.213 e. The summed E-state index contributed by atoms with van der Waals surface area (Å²) in [6, 6.07) is 3.29. The molecule has 2 aromatic heterocycles. The van der Waals surface area contributed by atoms with E-state index in [0.717, 1.165) is 43.1 Å². The summed E-state index contributed by atoms with van der Waals surface area (Å²) >= 11 is 0. The fourth-order valence-corrected chi connectivity index (χ4v) is 4.05. The van der Waals surface area contributed by atoms with Gasteiger partial charge in [-0.25, -0.2) is 15.0 Å². The molecule has 2 aliphatic rings. The van der Waals surface area contributed by atoms with E-state index >= 15 is 0 Å². The molecular weight excluding hydrogens is 315 g/mol. The van der Waals surface area contributed by atoms with Crippen molar-refractivity contribution in [1.82, 2.24) is 19.9 Å². The van der Waals surface area contributed by atoms with Gasteiger partial charge in [0, 0.05) is 55.1 Å². The van der Waals surface area contributed by atoms with E-state index in [4.69, 9.17) is 4.98 Å². The van der Waals surface area contributed by atoms with Gasteiger partial charge in [0.1, 0.15) is 5.82 Å². The smallest absolute Gasteiger partial charge is 0.213 e. The SMILES string of the molecule is Cc1nc(F)ccc1CN1CCc2nc(C3CCCCC3)ncc2C1. The summed E-state index contributed by atoms with van der Waals surface area (Å²) in [5.74, 6) is 1.21. The van der Waals surface area contributed by atoms with Crippen LogP contribution in [0.25, 0.3) is 0 Å². The predicted molar refractivity (Wildman–Crippen MR) is 94.6 cm³/mol. The number of aryl methyl sites for hydroxylation is 1. The molecule has 0 N–H and O–H groups in total. The van der Waals surface area contributed by atoms with Crippen molar-refractivity contribution in [2.45, 2.75) is 64.5 Å². The summed E-state index contributed by atoms with van der Waals surface area (Å²) in [5, 5.41) is 0. The third-order valence-corrected chi connectivity index (χ3v) is 5.56. The van der Waals surface area contributed by atoms with Crippen LogP contribution in [-0.2, 0) is 19.5 Å². The van der Waals surface area contributed by atoms with Gasteiger partial charge in [0.15, 0.2) is 0 Å². The summed E-state index contributed by atoms with van der Waals surface area (Å²) in [7, 11) is 0. The Bertz CT molecular complexity index is 755. The Morgan fingerprint density at radius 1 is 1.16 bits per heavy atom. The Morgan fingerprint density at radius 3 is 2.80 bits per heavy atom. The van der Waals surface area contributed by atoms with Crippen LogP contribution in [-0.4, -0.2) is 26.4 Å². The second-order valence-electron chi connectivity index (χ2n) is 7.37. The van der Waals surface area contributed by atoms with Gasteiger partial charge in [0.25, 0.3) is 0 Å². The molecule has 0 atom stereocenters. The van der Waals surface area contributed by atoms with Crippen LogP contribution in [0.1, 0.15) is 66.4 Å². The predicted octanol–water partition coefficient (Wildman–Crippen LogP) is 3.93. The van der Waals surface area contributed by atoms with Gasteiger partial charge in [0.05, 0.1) is 0 Å². The molecule has 4 rings (SSSR count). The first kappa shape index (κ1) is 16.6. The zero-order valence-corrected chi connectivity index (χ0v) is 14.8. The highest BCUT2D eigenvalue weighted by Gasteiger charge is 2.23. The molecule has 0 amide bonds. The van der Waals surface area contributed by atoms with Crippen molar-refractivity contribution >= 4 is 0 Å². The number of hydrogen-bond donors (Lipinski definition) is 0. The minimum absolute atomic E-state index is 0.408. The van der Waals surface area contributed by atoms with Crippen molar-refractivity contribution in [2.75, 3.05) is 6.54 Å². The summed E-state index contributed by atoms with van der Waals surface area (Å²) < 4.78 is 13.2. The van der Waals surface area contributed by atoms with Gasteiger partial charge in [-0.15, -0.1) is 0 Å².